The van der Waals surface area contributed by atoms with Gasteiger partial charge < -0.3 is 21.3 Å². The van der Waals surface area contributed by atoms with Gasteiger partial charge in [-0.3, -0.25) is 14.4 Å². The molecular formula is C15H14Cl2N2O5. The molecular weight excluding hydrogens is 359 g/mol. The van der Waals surface area contributed by atoms with E-state index in [0.717, 1.165) is 0 Å². The summed E-state index contributed by atoms with van der Waals surface area (Å²) in [5.41, 5.74) is 4.39. The first-order valence-electron chi connectivity index (χ1n) is 7.18. The van der Waals surface area contributed by atoms with E-state index in [1.807, 2.05) is 0 Å². The van der Waals surface area contributed by atoms with Gasteiger partial charge in [-0.05, 0) is 24.5 Å². The van der Waals surface area contributed by atoms with Crippen molar-refractivity contribution in [2.45, 2.75) is 18.0 Å². The molecule has 2 saturated carbocycles. The number of nitrogens with two attached hydrogens (primary N) is 1. The van der Waals surface area contributed by atoms with E-state index in [2.05, 4.69) is 5.32 Å². The van der Waals surface area contributed by atoms with Crippen LogP contribution in [0.1, 0.15) is 16.8 Å². The fraction of sp³-hybridized carbons (Fsp3) is 0.400. The van der Waals surface area contributed by atoms with E-state index in [1.165, 1.54) is 12.1 Å². The summed E-state index contributed by atoms with van der Waals surface area (Å²) in [5, 5.41) is 21.5. The fourth-order valence-corrected chi connectivity index (χ4v) is 4.14. The van der Waals surface area contributed by atoms with Gasteiger partial charge in [0, 0.05) is 12.0 Å². The van der Waals surface area contributed by atoms with Gasteiger partial charge in [-0.15, -0.1) is 0 Å². The van der Waals surface area contributed by atoms with Crippen LogP contribution in [-0.2, 0) is 9.59 Å². The van der Waals surface area contributed by atoms with Gasteiger partial charge in [0.15, 0.2) is 0 Å². The lowest BCUT2D eigenvalue weighted by molar-refractivity contribution is -0.145. The Bertz CT molecular complexity index is 755. The normalized spacial score (nSPS) is 33.6. The Morgan fingerprint density at radius 2 is 1.92 bits per heavy atom. The average molecular weight is 373 g/mol. The van der Waals surface area contributed by atoms with Crippen LogP contribution in [0, 0.1) is 17.8 Å². The SMILES string of the molecule is N[C@@]1(C(=O)O)C[C@H](NC(=O)c2cccc(Cl)c2Cl)[C@H]2[C@H](C(=O)O)[C@H]21. The van der Waals surface area contributed by atoms with Gasteiger partial charge in [0.1, 0.15) is 5.54 Å². The zero-order valence-corrected chi connectivity index (χ0v) is 13.7. The third kappa shape index (κ3) is 2.44. The van der Waals surface area contributed by atoms with Crippen molar-refractivity contribution >= 4 is 41.0 Å². The average Bonchev–Trinajstić information content (AvgIpc) is 3.19. The Morgan fingerprint density at radius 1 is 1.25 bits per heavy atom. The Kier molecular flexibility index (Phi) is 3.98. The maximum atomic E-state index is 12.4. The van der Waals surface area contributed by atoms with Gasteiger partial charge in [0.25, 0.3) is 5.91 Å². The van der Waals surface area contributed by atoms with Crippen LogP contribution in [-0.4, -0.2) is 39.6 Å². The van der Waals surface area contributed by atoms with Crippen LogP contribution < -0.4 is 11.1 Å². The van der Waals surface area contributed by atoms with Crippen molar-refractivity contribution in [1.29, 1.82) is 0 Å². The number of halogens is 2. The van der Waals surface area contributed by atoms with Crippen molar-refractivity contribution < 1.29 is 24.6 Å². The molecule has 0 saturated heterocycles. The fourth-order valence-electron chi connectivity index (χ4n) is 3.76. The number of fused-ring (bicyclic) bond motifs is 1. The number of nitrogens with one attached hydrogen (secondary N) is 1. The Morgan fingerprint density at radius 3 is 2.50 bits per heavy atom. The van der Waals surface area contributed by atoms with Crippen LogP contribution in [0.15, 0.2) is 18.2 Å². The summed E-state index contributed by atoms with van der Waals surface area (Å²) >= 11 is 11.9. The molecule has 0 heterocycles. The van der Waals surface area contributed by atoms with Crippen molar-refractivity contribution in [3.05, 3.63) is 33.8 Å². The maximum absolute atomic E-state index is 12.4. The quantitative estimate of drug-likeness (QED) is 0.628. The van der Waals surface area contributed by atoms with Crippen molar-refractivity contribution in [3.8, 4) is 0 Å². The van der Waals surface area contributed by atoms with Crippen molar-refractivity contribution in [2.24, 2.45) is 23.5 Å². The van der Waals surface area contributed by atoms with Crippen molar-refractivity contribution in [1.82, 2.24) is 5.32 Å². The lowest BCUT2D eigenvalue weighted by Gasteiger charge is -2.25. The molecule has 7 nitrogen and oxygen atoms in total. The van der Waals surface area contributed by atoms with E-state index in [0.29, 0.717) is 0 Å². The summed E-state index contributed by atoms with van der Waals surface area (Å²) in [7, 11) is 0. The van der Waals surface area contributed by atoms with E-state index in [-0.39, 0.29) is 22.0 Å². The Balaban J connectivity index is 1.83. The van der Waals surface area contributed by atoms with E-state index in [9.17, 15) is 24.6 Å². The maximum Gasteiger partial charge on any atom is 0.324 e. The molecule has 1 amide bonds. The minimum Gasteiger partial charge on any atom is -0.481 e. The Labute approximate surface area is 146 Å². The molecule has 0 radical (unpaired) electrons. The minimum absolute atomic E-state index is 0.0363. The molecule has 0 spiro atoms. The summed E-state index contributed by atoms with van der Waals surface area (Å²) in [6.07, 6.45) is -0.0363. The number of carbonyl (C=O) groups is 3. The van der Waals surface area contributed by atoms with Crippen molar-refractivity contribution in [3.63, 3.8) is 0 Å². The molecule has 0 aliphatic heterocycles. The topological polar surface area (TPSA) is 130 Å². The molecule has 0 unspecified atom stereocenters. The van der Waals surface area contributed by atoms with E-state index in [4.69, 9.17) is 28.9 Å². The number of hydrogen-bond acceptors (Lipinski definition) is 4. The minimum atomic E-state index is -1.66. The van der Waals surface area contributed by atoms with Gasteiger partial charge >= 0.3 is 11.9 Å². The first-order valence-corrected chi connectivity index (χ1v) is 7.94. The predicted molar refractivity (Wildman–Crippen MR) is 85.0 cm³/mol. The number of carboxylic acid groups (broad SMARTS) is 2. The second-order valence-electron chi connectivity index (χ2n) is 6.20. The molecule has 9 heteroatoms. The second kappa shape index (κ2) is 5.61. The van der Waals surface area contributed by atoms with Crippen LogP contribution in [0.25, 0.3) is 0 Å². The molecule has 0 bridgehead atoms. The lowest BCUT2D eigenvalue weighted by Crippen LogP contribution is -2.52. The summed E-state index contributed by atoms with van der Waals surface area (Å²) < 4.78 is 0. The molecule has 3 rings (SSSR count). The van der Waals surface area contributed by atoms with E-state index < -0.39 is 47.2 Å². The molecule has 1 aromatic carbocycles. The number of carbonyl (C=O) groups excluding carboxylic acids is 1. The summed E-state index contributed by atoms with van der Waals surface area (Å²) in [4.78, 5) is 35.2. The summed E-state index contributed by atoms with van der Waals surface area (Å²) in [6.45, 7) is 0. The number of benzene rings is 1. The predicted octanol–water partition coefficient (Wildman–Crippen LogP) is 1.22. The highest BCUT2D eigenvalue weighted by Gasteiger charge is 2.74. The van der Waals surface area contributed by atoms with Crippen LogP contribution >= 0.6 is 23.2 Å². The van der Waals surface area contributed by atoms with Gasteiger partial charge in [-0.25, -0.2) is 0 Å². The number of hydrogen-bond donors (Lipinski definition) is 4. The largest absolute Gasteiger partial charge is 0.481 e. The van der Waals surface area contributed by atoms with Crippen LogP contribution in [0.5, 0.6) is 0 Å². The molecule has 5 N–H and O–H groups in total. The number of aliphatic carboxylic acids is 2. The van der Waals surface area contributed by atoms with Crippen LogP contribution in [0.4, 0.5) is 0 Å². The molecule has 2 aliphatic carbocycles. The van der Waals surface area contributed by atoms with Crippen LogP contribution in [0.2, 0.25) is 10.0 Å². The lowest BCUT2D eigenvalue weighted by atomic mass is 9.90. The van der Waals surface area contributed by atoms with E-state index >= 15 is 0 Å². The molecule has 2 fully saturated rings. The standard InChI is InChI=1S/C15H14Cl2N2O5/c16-6-3-1-2-5(11(6)17)12(20)19-7-4-15(18,14(23)24)10-8(7)9(10)13(21)22/h1-3,7-10H,4,18H2,(H,19,20)(H,21,22)(H,23,24)/t7-,8-,9-,10-,15-/m0/s1. The van der Waals surface area contributed by atoms with Gasteiger partial charge in [0.05, 0.1) is 21.5 Å². The molecule has 1 aromatic rings. The van der Waals surface area contributed by atoms with Gasteiger partial charge in [-0.1, -0.05) is 29.3 Å². The molecule has 128 valence electrons. The zero-order chi connectivity index (χ0) is 17.8. The molecule has 2 aliphatic rings. The Hall–Kier alpha value is -1.83. The summed E-state index contributed by atoms with van der Waals surface area (Å²) in [5.74, 6) is -5.00. The molecule has 24 heavy (non-hydrogen) atoms. The van der Waals surface area contributed by atoms with Gasteiger partial charge in [-0.2, -0.15) is 0 Å². The first-order chi connectivity index (χ1) is 11.2. The highest BCUT2D eigenvalue weighted by molar-refractivity contribution is 6.43. The number of amides is 1. The highest BCUT2D eigenvalue weighted by Crippen LogP contribution is 2.61. The number of rotatable bonds is 4. The van der Waals surface area contributed by atoms with Crippen LogP contribution in [0.3, 0.4) is 0 Å². The third-order valence-corrected chi connectivity index (χ3v) is 5.71. The first kappa shape index (κ1) is 17.0. The second-order valence-corrected chi connectivity index (χ2v) is 6.98. The summed E-state index contributed by atoms with van der Waals surface area (Å²) in [6, 6.07) is 3.91. The molecule has 0 aromatic heterocycles. The van der Waals surface area contributed by atoms with Crippen molar-refractivity contribution in [2.75, 3.05) is 0 Å². The van der Waals surface area contributed by atoms with Gasteiger partial charge in [0.2, 0.25) is 0 Å². The smallest absolute Gasteiger partial charge is 0.324 e. The molecule has 5 atom stereocenters. The number of carboxylic acids is 2. The monoisotopic (exact) mass is 372 g/mol. The highest BCUT2D eigenvalue weighted by atomic mass is 35.5. The third-order valence-electron chi connectivity index (χ3n) is 4.89. The zero-order valence-electron chi connectivity index (χ0n) is 12.2. The van der Waals surface area contributed by atoms with E-state index in [1.54, 1.807) is 6.07 Å².